The molecule has 0 radical (unpaired) electrons. The van der Waals surface area contributed by atoms with Crippen LogP contribution in [0.4, 0.5) is 5.69 Å². The predicted molar refractivity (Wildman–Crippen MR) is 128 cm³/mol. The smallest absolute Gasteiger partial charge is 0.102 e. The highest BCUT2D eigenvalue weighted by molar-refractivity contribution is 6.01. The van der Waals surface area contributed by atoms with Crippen molar-refractivity contribution < 1.29 is 0 Å². The van der Waals surface area contributed by atoms with Crippen molar-refractivity contribution in [3.05, 3.63) is 89.5 Å². The molecule has 2 heteroatoms. The molecule has 6 rings (SSSR count). The Balaban J connectivity index is 1.69. The van der Waals surface area contributed by atoms with Crippen LogP contribution < -0.4 is 4.90 Å². The van der Waals surface area contributed by atoms with E-state index in [1.807, 2.05) is 0 Å². The molecule has 0 bridgehead atoms. The molecular weight excluding hydrogens is 376 g/mol. The lowest BCUT2D eigenvalue weighted by atomic mass is 9.88. The lowest BCUT2D eigenvalue weighted by molar-refractivity contribution is 0.577. The maximum atomic E-state index is 10.3. The molecule has 1 aliphatic heterocycles. The Bertz CT molecular complexity index is 1350. The third-order valence-corrected chi connectivity index (χ3v) is 6.96. The van der Waals surface area contributed by atoms with Gasteiger partial charge in [-0.05, 0) is 70.3 Å². The minimum atomic E-state index is 0.853. The molecule has 0 amide bonds. The average molecular weight is 401 g/mol. The van der Waals surface area contributed by atoms with Crippen molar-refractivity contribution in [1.82, 2.24) is 0 Å². The van der Waals surface area contributed by atoms with Crippen LogP contribution in [-0.4, -0.2) is 13.1 Å². The highest BCUT2D eigenvalue weighted by Crippen LogP contribution is 2.48. The van der Waals surface area contributed by atoms with Crippen LogP contribution in [0.15, 0.2) is 72.8 Å². The normalized spacial score (nSPS) is 14.9. The number of rotatable bonds is 2. The largest absolute Gasteiger partial charge is 0.370 e. The third kappa shape index (κ3) is 2.85. The first-order valence-electron chi connectivity index (χ1n) is 11.3. The molecule has 0 aromatic heterocycles. The zero-order chi connectivity index (χ0) is 20.8. The summed E-state index contributed by atoms with van der Waals surface area (Å²) in [5.74, 6) is 0. The van der Waals surface area contributed by atoms with Crippen molar-refractivity contribution in [2.45, 2.75) is 25.7 Å². The van der Waals surface area contributed by atoms with E-state index in [0.29, 0.717) is 0 Å². The van der Waals surface area contributed by atoms with Crippen molar-refractivity contribution in [3.63, 3.8) is 0 Å². The van der Waals surface area contributed by atoms with Gasteiger partial charge in [-0.25, -0.2) is 0 Å². The summed E-state index contributed by atoms with van der Waals surface area (Å²) in [6.07, 6.45) is 4.56. The van der Waals surface area contributed by atoms with Gasteiger partial charge in [0.2, 0.25) is 0 Å². The molecule has 150 valence electrons. The summed E-state index contributed by atoms with van der Waals surface area (Å²) in [5, 5.41) is 12.8. The first-order valence-corrected chi connectivity index (χ1v) is 11.3. The minimum Gasteiger partial charge on any atom is -0.370 e. The fourth-order valence-corrected chi connectivity index (χ4v) is 5.50. The Morgan fingerprint density at radius 3 is 2.35 bits per heavy atom. The van der Waals surface area contributed by atoms with Gasteiger partial charge < -0.3 is 4.90 Å². The molecule has 0 saturated carbocycles. The highest BCUT2D eigenvalue weighted by Gasteiger charge is 2.29. The molecule has 4 aromatic rings. The first-order chi connectivity index (χ1) is 15.3. The van der Waals surface area contributed by atoms with Gasteiger partial charge in [-0.2, -0.15) is 5.26 Å². The summed E-state index contributed by atoms with van der Waals surface area (Å²) in [4.78, 5) is 2.44. The van der Waals surface area contributed by atoms with Crippen LogP contribution in [0.1, 0.15) is 36.0 Å². The fourth-order valence-electron chi connectivity index (χ4n) is 5.50. The Morgan fingerprint density at radius 2 is 1.48 bits per heavy atom. The van der Waals surface area contributed by atoms with Crippen LogP contribution in [0.3, 0.4) is 0 Å². The lowest BCUT2D eigenvalue weighted by Crippen LogP contribution is -2.30. The number of benzene rings is 4. The zero-order valence-corrected chi connectivity index (χ0v) is 17.6. The van der Waals surface area contributed by atoms with Crippen molar-refractivity contribution in [1.29, 1.82) is 5.26 Å². The van der Waals surface area contributed by atoms with E-state index < -0.39 is 0 Å². The van der Waals surface area contributed by atoms with Gasteiger partial charge in [0.05, 0.1) is 11.3 Å². The van der Waals surface area contributed by atoms with Gasteiger partial charge in [0.1, 0.15) is 6.07 Å². The van der Waals surface area contributed by atoms with Gasteiger partial charge in [-0.1, -0.05) is 66.7 Å². The highest BCUT2D eigenvalue weighted by atomic mass is 15.1. The van der Waals surface area contributed by atoms with Crippen molar-refractivity contribution in [2.24, 2.45) is 0 Å². The second-order valence-electron chi connectivity index (χ2n) is 8.69. The van der Waals surface area contributed by atoms with Gasteiger partial charge in [0.25, 0.3) is 0 Å². The molecule has 1 heterocycles. The average Bonchev–Trinajstić information content (AvgIpc) is 3.23. The van der Waals surface area contributed by atoms with Crippen LogP contribution in [0.25, 0.3) is 33.0 Å². The quantitative estimate of drug-likeness (QED) is 0.321. The Hall–Kier alpha value is -3.57. The third-order valence-electron chi connectivity index (χ3n) is 6.96. The number of fused-ring (bicyclic) bond motifs is 4. The van der Waals surface area contributed by atoms with Crippen molar-refractivity contribution in [2.75, 3.05) is 18.0 Å². The van der Waals surface area contributed by atoms with Crippen LogP contribution in [0, 0.1) is 11.3 Å². The molecule has 2 aliphatic rings. The predicted octanol–water partition coefficient (Wildman–Crippen LogP) is 6.94. The van der Waals surface area contributed by atoms with Crippen molar-refractivity contribution in [3.8, 4) is 28.3 Å². The van der Waals surface area contributed by atoms with Gasteiger partial charge in [0, 0.05) is 18.7 Å². The van der Waals surface area contributed by atoms with Crippen LogP contribution >= 0.6 is 0 Å². The topological polar surface area (TPSA) is 27.0 Å². The zero-order valence-electron chi connectivity index (χ0n) is 17.6. The van der Waals surface area contributed by atoms with E-state index in [1.165, 1.54) is 57.9 Å². The minimum absolute atomic E-state index is 0.853. The summed E-state index contributed by atoms with van der Waals surface area (Å²) in [5.41, 5.74) is 9.53. The van der Waals surface area contributed by atoms with Crippen LogP contribution in [0.5, 0.6) is 0 Å². The summed E-state index contributed by atoms with van der Waals surface area (Å²) in [6, 6.07) is 28.7. The molecule has 31 heavy (non-hydrogen) atoms. The SMILES string of the molecule is N#Cc1c(N2CCCCC2)cc(-c2cccc3ccccc23)c2c1-c1ccccc1C2. The number of nitriles is 1. The lowest BCUT2D eigenvalue weighted by Gasteiger charge is -2.31. The monoisotopic (exact) mass is 400 g/mol. The van der Waals surface area contributed by atoms with E-state index in [9.17, 15) is 5.26 Å². The second kappa shape index (κ2) is 7.29. The molecule has 0 spiro atoms. The van der Waals surface area contributed by atoms with Crippen LogP contribution in [-0.2, 0) is 6.42 Å². The number of hydrogen-bond acceptors (Lipinski definition) is 2. The van der Waals surface area contributed by atoms with E-state index in [0.717, 1.165) is 36.3 Å². The van der Waals surface area contributed by atoms with Gasteiger partial charge >= 0.3 is 0 Å². The Morgan fingerprint density at radius 1 is 0.742 bits per heavy atom. The van der Waals surface area contributed by atoms with E-state index >= 15 is 0 Å². The number of hydrogen-bond donors (Lipinski definition) is 0. The van der Waals surface area contributed by atoms with E-state index in [1.54, 1.807) is 0 Å². The van der Waals surface area contributed by atoms with Crippen LogP contribution in [0.2, 0.25) is 0 Å². The molecule has 0 unspecified atom stereocenters. The van der Waals surface area contributed by atoms with E-state index in [-0.39, 0.29) is 0 Å². The molecular formula is C29H24N2. The second-order valence-corrected chi connectivity index (χ2v) is 8.69. The van der Waals surface area contributed by atoms with Gasteiger partial charge in [-0.3, -0.25) is 0 Å². The summed E-state index contributed by atoms with van der Waals surface area (Å²) in [7, 11) is 0. The number of piperidine rings is 1. The molecule has 1 fully saturated rings. The Kier molecular flexibility index (Phi) is 4.28. The summed E-state index contributed by atoms with van der Waals surface area (Å²) < 4.78 is 0. The number of nitrogens with zero attached hydrogens (tertiary/aromatic N) is 2. The van der Waals surface area contributed by atoms with Crippen molar-refractivity contribution >= 4 is 16.5 Å². The number of anilines is 1. The Labute approximate surface area is 183 Å². The molecule has 2 nitrogen and oxygen atoms in total. The summed E-state index contributed by atoms with van der Waals surface area (Å²) in [6.45, 7) is 2.06. The molecule has 0 N–H and O–H groups in total. The fraction of sp³-hybridized carbons (Fsp3) is 0.207. The molecule has 4 aromatic carbocycles. The first kappa shape index (κ1) is 18.2. The molecule has 0 atom stereocenters. The van der Waals surface area contributed by atoms with Gasteiger partial charge in [-0.15, -0.1) is 0 Å². The maximum Gasteiger partial charge on any atom is 0.102 e. The standard InChI is InChI=1S/C29H24N2/c30-19-27-28(31-15-6-1-7-16-31)18-25(24-14-8-11-20-9-2-4-12-22(20)24)26-17-21-10-3-5-13-23(21)29(26)27/h2-5,8-14,18H,1,6-7,15-17H2. The molecule has 1 saturated heterocycles. The van der Waals surface area contributed by atoms with E-state index in [2.05, 4.69) is 83.8 Å². The van der Waals surface area contributed by atoms with Gasteiger partial charge in [0.15, 0.2) is 0 Å². The maximum absolute atomic E-state index is 10.3. The van der Waals surface area contributed by atoms with E-state index in [4.69, 9.17) is 0 Å². The summed E-state index contributed by atoms with van der Waals surface area (Å²) >= 11 is 0. The molecule has 1 aliphatic carbocycles.